The molecule has 0 aliphatic carbocycles. The van der Waals surface area contributed by atoms with Gasteiger partial charge in [0.25, 0.3) is 0 Å². The van der Waals surface area contributed by atoms with Gasteiger partial charge in [0.05, 0.1) is 7.11 Å². The van der Waals surface area contributed by atoms with Crippen LogP contribution < -0.4 is 4.74 Å². The number of methoxy groups -OCH3 is 1. The molecule has 9 nitrogen and oxygen atoms in total. The minimum absolute atomic E-state index is 0.262. The first-order valence-corrected chi connectivity index (χ1v) is 11.7. The van der Waals surface area contributed by atoms with Gasteiger partial charge in [-0.3, -0.25) is 9.69 Å². The molecule has 0 bridgehead atoms. The number of nitrogens with zero attached hydrogens (tertiary/aromatic N) is 2. The van der Waals surface area contributed by atoms with Gasteiger partial charge in [0.2, 0.25) is 0 Å². The molecule has 2 rings (SSSR count). The standard InChI is InChI=1S/C23H36N2O5.C2HF3O2/c1-22(2,3)29-20(26)19-12-13-24(21(27)30-23(4,5)6)14-15-25(19)16-17-8-10-18(28-7)11-9-17;3-2(4,5)1(6)7/h8-11,19H,12-16H2,1-7H3;(H,6,7). The normalized spacial score (nSPS) is 17.1. The van der Waals surface area contributed by atoms with Crippen molar-refractivity contribution in [2.24, 2.45) is 0 Å². The summed E-state index contributed by atoms with van der Waals surface area (Å²) in [6.45, 7) is 13.2. The molecule has 1 N–H and O–H groups in total. The number of carboxylic acid groups (broad SMARTS) is 1. The summed E-state index contributed by atoms with van der Waals surface area (Å²) in [4.78, 5) is 38.2. The highest BCUT2D eigenvalue weighted by Crippen LogP contribution is 2.22. The van der Waals surface area contributed by atoms with E-state index in [-0.39, 0.29) is 12.1 Å². The van der Waals surface area contributed by atoms with Crippen LogP contribution in [0.15, 0.2) is 24.3 Å². The summed E-state index contributed by atoms with van der Waals surface area (Å²) in [6, 6.07) is 7.35. The van der Waals surface area contributed by atoms with Crippen molar-refractivity contribution >= 4 is 18.0 Å². The highest BCUT2D eigenvalue weighted by atomic mass is 19.4. The van der Waals surface area contributed by atoms with Crippen LogP contribution in [0.25, 0.3) is 0 Å². The second-order valence-corrected chi connectivity index (χ2v) is 10.4. The monoisotopic (exact) mass is 534 g/mol. The van der Waals surface area contributed by atoms with Gasteiger partial charge in [-0.25, -0.2) is 9.59 Å². The third kappa shape index (κ3) is 12.2. The molecule has 0 aromatic heterocycles. The number of hydrogen-bond acceptors (Lipinski definition) is 7. The van der Waals surface area contributed by atoms with Crippen LogP contribution >= 0.6 is 0 Å². The van der Waals surface area contributed by atoms with Crippen LogP contribution in [0.1, 0.15) is 53.5 Å². The number of amides is 1. The Labute approximate surface area is 215 Å². The van der Waals surface area contributed by atoms with E-state index in [4.69, 9.17) is 24.1 Å². The number of carboxylic acids is 1. The number of carbonyl (C=O) groups is 3. The topological polar surface area (TPSA) is 106 Å². The second kappa shape index (κ2) is 13.0. The van der Waals surface area contributed by atoms with Crippen molar-refractivity contribution in [1.82, 2.24) is 9.80 Å². The molecule has 1 aliphatic rings. The van der Waals surface area contributed by atoms with Crippen molar-refractivity contribution in [3.8, 4) is 5.75 Å². The molecule has 1 aromatic rings. The van der Waals surface area contributed by atoms with E-state index in [0.717, 1.165) is 11.3 Å². The van der Waals surface area contributed by atoms with Crippen molar-refractivity contribution in [1.29, 1.82) is 0 Å². The zero-order valence-electron chi connectivity index (χ0n) is 22.3. The highest BCUT2D eigenvalue weighted by Gasteiger charge is 2.38. The summed E-state index contributed by atoms with van der Waals surface area (Å²) in [5.41, 5.74) is -0.0633. The smallest absolute Gasteiger partial charge is 0.490 e. The summed E-state index contributed by atoms with van der Waals surface area (Å²) in [7, 11) is 1.63. The predicted octanol–water partition coefficient (Wildman–Crippen LogP) is 4.48. The van der Waals surface area contributed by atoms with Crippen LogP contribution in [0.3, 0.4) is 0 Å². The summed E-state index contributed by atoms with van der Waals surface area (Å²) < 4.78 is 48.2. The van der Waals surface area contributed by atoms with Gasteiger partial charge in [0.15, 0.2) is 0 Å². The number of rotatable bonds is 4. The Morgan fingerprint density at radius 2 is 1.43 bits per heavy atom. The van der Waals surface area contributed by atoms with Gasteiger partial charge in [-0.05, 0) is 65.7 Å². The van der Waals surface area contributed by atoms with Gasteiger partial charge >= 0.3 is 24.2 Å². The van der Waals surface area contributed by atoms with Gasteiger partial charge in [-0.2, -0.15) is 13.2 Å². The van der Waals surface area contributed by atoms with E-state index in [2.05, 4.69) is 4.90 Å². The maximum absolute atomic E-state index is 13.0. The van der Waals surface area contributed by atoms with E-state index in [1.807, 2.05) is 65.8 Å². The van der Waals surface area contributed by atoms with E-state index in [0.29, 0.717) is 32.6 Å². The Kier molecular flexibility index (Phi) is 11.2. The number of halogens is 3. The molecule has 0 radical (unpaired) electrons. The Morgan fingerprint density at radius 1 is 0.919 bits per heavy atom. The fourth-order valence-corrected chi connectivity index (χ4v) is 3.28. The Bertz CT molecular complexity index is 907. The second-order valence-electron chi connectivity index (χ2n) is 10.4. The molecule has 210 valence electrons. The van der Waals surface area contributed by atoms with Gasteiger partial charge in [0.1, 0.15) is 23.0 Å². The van der Waals surface area contributed by atoms with Gasteiger partial charge < -0.3 is 24.2 Å². The molecule has 1 unspecified atom stereocenters. The number of alkyl halides is 3. The van der Waals surface area contributed by atoms with E-state index >= 15 is 0 Å². The van der Waals surface area contributed by atoms with Crippen molar-refractivity contribution < 1.29 is 46.9 Å². The third-order valence-corrected chi connectivity index (χ3v) is 4.89. The Hall–Kier alpha value is -3.02. The number of esters is 1. The molecule has 37 heavy (non-hydrogen) atoms. The van der Waals surface area contributed by atoms with Crippen molar-refractivity contribution in [2.75, 3.05) is 26.7 Å². The zero-order chi connectivity index (χ0) is 28.6. The average Bonchev–Trinajstić information content (AvgIpc) is 2.94. The summed E-state index contributed by atoms with van der Waals surface area (Å²) >= 11 is 0. The van der Waals surface area contributed by atoms with Crippen LogP contribution in [0.2, 0.25) is 0 Å². The van der Waals surface area contributed by atoms with Crippen LogP contribution in [0, 0.1) is 0 Å². The summed E-state index contributed by atoms with van der Waals surface area (Å²) in [5, 5.41) is 7.12. The Morgan fingerprint density at radius 3 is 1.86 bits per heavy atom. The van der Waals surface area contributed by atoms with Crippen molar-refractivity contribution in [3.05, 3.63) is 29.8 Å². The van der Waals surface area contributed by atoms with Crippen molar-refractivity contribution in [2.45, 2.75) is 77.9 Å². The van der Waals surface area contributed by atoms with Crippen molar-refractivity contribution in [3.63, 3.8) is 0 Å². The number of ether oxygens (including phenoxy) is 3. The quantitative estimate of drug-likeness (QED) is 0.564. The fraction of sp³-hybridized carbons (Fsp3) is 0.640. The Balaban J connectivity index is 0.000000856. The number of aliphatic carboxylic acids is 1. The minimum atomic E-state index is -5.08. The van der Waals surface area contributed by atoms with E-state index in [1.54, 1.807) is 12.0 Å². The molecule has 0 saturated carbocycles. The molecule has 1 saturated heterocycles. The van der Waals surface area contributed by atoms with E-state index < -0.39 is 29.4 Å². The minimum Gasteiger partial charge on any atom is -0.497 e. The van der Waals surface area contributed by atoms with Gasteiger partial charge in [0, 0.05) is 26.2 Å². The molecule has 1 fully saturated rings. The lowest BCUT2D eigenvalue weighted by atomic mass is 10.1. The molecule has 12 heteroatoms. The number of benzene rings is 1. The van der Waals surface area contributed by atoms with E-state index in [1.165, 1.54) is 0 Å². The number of hydrogen-bond donors (Lipinski definition) is 1. The van der Waals surface area contributed by atoms with Crippen LogP contribution in [0.4, 0.5) is 18.0 Å². The van der Waals surface area contributed by atoms with Crippen LogP contribution in [-0.2, 0) is 25.6 Å². The van der Waals surface area contributed by atoms with Gasteiger partial charge in [-0.1, -0.05) is 12.1 Å². The first-order valence-electron chi connectivity index (χ1n) is 11.7. The van der Waals surface area contributed by atoms with E-state index in [9.17, 15) is 22.8 Å². The molecule has 1 heterocycles. The van der Waals surface area contributed by atoms with Crippen LogP contribution in [-0.4, -0.2) is 83.1 Å². The fourth-order valence-electron chi connectivity index (χ4n) is 3.28. The molecule has 0 spiro atoms. The maximum atomic E-state index is 13.0. The maximum Gasteiger partial charge on any atom is 0.490 e. The SMILES string of the molecule is COc1ccc(CN2CCN(C(=O)OC(C)(C)C)CCC2C(=O)OC(C)(C)C)cc1.O=C(O)C(F)(F)F. The lowest BCUT2D eigenvalue weighted by molar-refractivity contribution is -0.192. The summed E-state index contributed by atoms with van der Waals surface area (Å²) in [5.74, 6) is -2.23. The zero-order valence-corrected chi connectivity index (χ0v) is 22.3. The number of carbonyl (C=O) groups excluding carboxylic acids is 2. The molecule has 1 aromatic carbocycles. The lowest BCUT2D eigenvalue weighted by Crippen LogP contribution is -2.44. The third-order valence-electron chi connectivity index (χ3n) is 4.89. The lowest BCUT2D eigenvalue weighted by Gasteiger charge is -2.30. The largest absolute Gasteiger partial charge is 0.497 e. The first kappa shape index (κ1) is 32.0. The average molecular weight is 535 g/mol. The first-order chi connectivity index (χ1) is 16.8. The molecule has 1 aliphatic heterocycles. The summed E-state index contributed by atoms with van der Waals surface area (Å²) in [6.07, 6.45) is -4.94. The van der Waals surface area contributed by atoms with Crippen LogP contribution in [0.5, 0.6) is 5.75 Å². The molecule has 1 atom stereocenters. The van der Waals surface area contributed by atoms with Gasteiger partial charge in [-0.15, -0.1) is 0 Å². The highest BCUT2D eigenvalue weighted by molar-refractivity contribution is 5.76. The molecular formula is C25H37F3N2O7. The molecular weight excluding hydrogens is 497 g/mol. The molecule has 1 amide bonds. The predicted molar refractivity (Wildman–Crippen MR) is 129 cm³/mol.